The van der Waals surface area contributed by atoms with Crippen LogP contribution < -0.4 is 15.4 Å². The van der Waals surface area contributed by atoms with E-state index in [1.807, 2.05) is 6.92 Å². The number of phenols is 1. The Morgan fingerprint density at radius 1 is 1.03 bits per heavy atom. The van der Waals surface area contributed by atoms with E-state index in [9.17, 15) is 19.5 Å². The quantitative estimate of drug-likeness (QED) is 0.417. The van der Waals surface area contributed by atoms with Crippen LogP contribution in [0, 0.1) is 5.92 Å². The molecule has 0 radical (unpaired) electrons. The van der Waals surface area contributed by atoms with Gasteiger partial charge in [0.25, 0.3) is 5.91 Å². The molecule has 202 valence electrons. The fourth-order valence-electron chi connectivity index (χ4n) is 3.79. The van der Waals surface area contributed by atoms with E-state index < -0.39 is 35.6 Å². The SMILES string of the molecule is CCCN(C(=O)C(NC(=O)OC(C)(C)C)C(C)C)C(C(=O)Nc1ccc(OC)cc1)c1ccccc1O. The third-order valence-corrected chi connectivity index (χ3v) is 5.50. The summed E-state index contributed by atoms with van der Waals surface area (Å²) in [6.45, 7) is 10.9. The van der Waals surface area contributed by atoms with Crippen LogP contribution in [-0.4, -0.2) is 53.2 Å². The van der Waals surface area contributed by atoms with Crippen molar-refractivity contribution in [1.29, 1.82) is 0 Å². The predicted octanol–water partition coefficient (Wildman–Crippen LogP) is 4.87. The number of hydrogen-bond acceptors (Lipinski definition) is 6. The van der Waals surface area contributed by atoms with E-state index >= 15 is 0 Å². The Bertz CT molecular complexity index is 1060. The van der Waals surface area contributed by atoms with E-state index in [1.165, 1.54) is 11.0 Å². The first-order chi connectivity index (χ1) is 17.4. The second-order valence-corrected chi connectivity index (χ2v) is 10.1. The molecule has 3 amide bonds. The van der Waals surface area contributed by atoms with E-state index in [0.29, 0.717) is 17.9 Å². The minimum Gasteiger partial charge on any atom is -0.508 e. The molecule has 0 aliphatic heterocycles. The average Bonchev–Trinajstić information content (AvgIpc) is 2.82. The van der Waals surface area contributed by atoms with Gasteiger partial charge < -0.3 is 30.1 Å². The fraction of sp³-hybridized carbons (Fsp3) is 0.464. The topological polar surface area (TPSA) is 117 Å². The second kappa shape index (κ2) is 13.0. The van der Waals surface area contributed by atoms with Gasteiger partial charge in [0.15, 0.2) is 0 Å². The Labute approximate surface area is 219 Å². The number of nitrogens with zero attached hydrogens (tertiary/aromatic N) is 1. The van der Waals surface area contributed by atoms with Gasteiger partial charge in [0.1, 0.15) is 29.2 Å². The molecule has 0 aliphatic carbocycles. The summed E-state index contributed by atoms with van der Waals surface area (Å²) >= 11 is 0. The standard InChI is InChI=1S/C28H39N3O6/c1-8-17-31(26(34)23(18(2)3)30-27(35)37-28(4,5)6)24(21-11-9-10-12-22(21)32)25(33)29-19-13-15-20(36-7)16-14-19/h9-16,18,23-24,32H,8,17H2,1-7H3,(H,29,33)(H,30,35). The number of carbonyl (C=O) groups is 3. The summed E-state index contributed by atoms with van der Waals surface area (Å²) in [6, 6.07) is 11.1. The minimum absolute atomic E-state index is 0.118. The number of alkyl carbamates (subject to hydrolysis) is 1. The number of para-hydroxylation sites is 1. The highest BCUT2D eigenvalue weighted by Crippen LogP contribution is 2.31. The van der Waals surface area contributed by atoms with Crippen LogP contribution in [0.2, 0.25) is 0 Å². The molecule has 2 aromatic carbocycles. The molecule has 9 heteroatoms. The molecule has 0 fully saturated rings. The molecule has 9 nitrogen and oxygen atoms in total. The molecule has 0 aromatic heterocycles. The molecular weight excluding hydrogens is 474 g/mol. The van der Waals surface area contributed by atoms with Crippen molar-refractivity contribution in [1.82, 2.24) is 10.2 Å². The zero-order valence-electron chi connectivity index (χ0n) is 22.7. The van der Waals surface area contributed by atoms with Gasteiger partial charge in [0.05, 0.1) is 7.11 Å². The summed E-state index contributed by atoms with van der Waals surface area (Å²) in [5, 5.41) is 16.2. The monoisotopic (exact) mass is 513 g/mol. The van der Waals surface area contributed by atoms with Gasteiger partial charge in [-0.1, -0.05) is 39.0 Å². The van der Waals surface area contributed by atoms with Gasteiger partial charge in [-0.05, 0) is 63.4 Å². The lowest BCUT2D eigenvalue weighted by molar-refractivity contribution is -0.141. The van der Waals surface area contributed by atoms with Crippen LogP contribution in [-0.2, 0) is 14.3 Å². The molecule has 0 aliphatic rings. The molecule has 3 N–H and O–H groups in total. The zero-order chi connectivity index (χ0) is 27.8. The van der Waals surface area contributed by atoms with Crippen molar-refractivity contribution in [2.45, 2.75) is 65.6 Å². The van der Waals surface area contributed by atoms with Crippen molar-refractivity contribution < 1.29 is 29.0 Å². The molecule has 2 aromatic rings. The lowest BCUT2D eigenvalue weighted by Crippen LogP contribution is -2.54. The molecule has 37 heavy (non-hydrogen) atoms. The predicted molar refractivity (Wildman–Crippen MR) is 142 cm³/mol. The van der Waals surface area contributed by atoms with E-state index in [2.05, 4.69) is 10.6 Å². The summed E-state index contributed by atoms with van der Waals surface area (Å²) in [5.41, 5.74) is 0.0338. The number of amides is 3. The van der Waals surface area contributed by atoms with Gasteiger partial charge in [-0.25, -0.2) is 4.79 Å². The molecule has 0 bridgehead atoms. The second-order valence-electron chi connectivity index (χ2n) is 10.1. The van der Waals surface area contributed by atoms with Crippen molar-refractivity contribution in [3.05, 3.63) is 54.1 Å². The van der Waals surface area contributed by atoms with E-state index in [1.54, 1.807) is 84.2 Å². The molecule has 0 heterocycles. The van der Waals surface area contributed by atoms with Gasteiger partial charge in [0, 0.05) is 17.8 Å². The third-order valence-electron chi connectivity index (χ3n) is 5.50. The Hall–Kier alpha value is -3.75. The maximum atomic E-state index is 13.9. The third kappa shape index (κ3) is 8.41. The number of benzene rings is 2. The van der Waals surface area contributed by atoms with Crippen molar-refractivity contribution in [3.63, 3.8) is 0 Å². The van der Waals surface area contributed by atoms with Crippen LogP contribution in [0.4, 0.5) is 10.5 Å². The molecule has 2 atom stereocenters. The van der Waals surface area contributed by atoms with Crippen LogP contribution in [0.5, 0.6) is 11.5 Å². The molecule has 2 rings (SSSR count). The molecular formula is C28H39N3O6. The first kappa shape index (κ1) is 29.5. The summed E-state index contributed by atoms with van der Waals surface area (Å²) < 4.78 is 10.5. The van der Waals surface area contributed by atoms with Crippen molar-refractivity contribution >= 4 is 23.6 Å². The Balaban J connectivity index is 2.48. The number of carbonyl (C=O) groups excluding carboxylic acids is 3. The summed E-state index contributed by atoms with van der Waals surface area (Å²) in [6.07, 6.45) is -0.180. The maximum absolute atomic E-state index is 13.9. The minimum atomic E-state index is -1.16. The average molecular weight is 514 g/mol. The van der Waals surface area contributed by atoms with Gasteiger partial charge in [-0.2, -0.15) is 0 Å². The Morgan fingerprint density at radius 2 is 1.65 bits per heavy atom. The van der Waals surface area contributed by atoms with Crippen LogP contribution in [0.1, 0.15) is 59.6 Å². The first-order valence-corrected chi connectivity index (χ1v) is 12.4. The number of anilines is 1. The normalized spacial score (nSPS) is 12.9. The maximum Gasteiger partial charge on any atom is 0.408 e. The largest absolute Gasteiger partial charge is 0.508 e. The van der Waals surface area contributed by atoms with Crippen molar-refractivity contribution in [2.75, 3.05) is 19.0 Å². The van der Waals surface area contributed by atoms with E-state index in [0.717, 1.165) is 0 Å². The first-order valence-electron chi connectivity index (χ1n) is 12.4. The van der Waals surface area contributed by atoms with Crippen LogP contribution >= 0.6 is 0 Å². The fourth-order valence-corrected chi connectivity index (χ4v) is 3.79. The lowest BCUT2D eigenvalue weighted by atomic mass is 9.98. The molecule has 2 unspecified atom stereocenters. The highest BCUT2D eigenvalue weighted by molar-refractivity contribution is 5.99. The number of rotatable bonds is 10. The van der Waals surface area contributed by atoms with Crippen LogP contribution in [0.15, 0.2) is 48.5 Å². The van der Waals surface area contributed by atoms with Gasteiger partial charge in [-0.3, -0.25) is 9.59 Å². The smallest absolute Gasteiger partial charge is 0.408 e. The zero-order valence-corrected chi connectivity index (χ0v) is 22.7. The molecule has 0 spiro atoms. The summed E-state index contributed by atoms with van der Waals surface area (Å²) in [5.74, 6) is -0.748. The van der Waals surface area contributed by atoms with Crippen LogP contribution in [0.25, 0.3) is 0 Å². The highest BCUT2D eigenvalue weighted by atomic mass is 16.6. The molecule has 0 saturated heterocycles. The number of phenolic OH excluding ortho intramolecular Hbond substituents is 1. The Morgan fingerprint density at radius 3 is 2.16 bits per heavy atom. The molecule has 0 saturated carbocycles. The van der Waals surface area contributed by atoms with Crippen molar-refractivity contribution in [3.8, 4) is 11.5 Å². The number of nitrogens with one attached hydrogen (secondary N) is 2. The van der Waals surface area contributed by atoms with Crippen molar-refractivity contribution in [2.24, 2.45) is 5.92 Å². The van der Waals surface area contributed by atoms with Gasteiger partial charge >= 0.3 is 6.09 Å². The van der Waals surface area contributed by atoms with Gasteiger partial charge in [-0.15, -0.1) is 0 Å². The lowest BCUT2D eigenvalue weighted by Gasteiger charge is -2.35. The van der Waals surface area contributed by atoms with Gasteiger partial charge in [0.2, 0.25) is 5.91 Å². The summed E-state index contributed by atoms with van der Waals surface area (Å²) in [4.78, 5) is 41.5. The number of aromatic hydroxyl groups is 1. The highest BCUT2D eigenvalue weighted by Gasteiger charge is 2.38. The van der Waals surface area contributed by atoms with E-state index in [-0.39, 0.29) is 23.8 Å². The number of hydrogen-bond donors (Lipinski definition) is 3. The Kier molecular flexibility index (Phi) is 10.3. The van der Waals surface area contributed by atoms with E-state index in [4.69, 9.17) is 9.47 Å². The van der Waals surface area contributed by atoms with Crippen LogP contribution in [0.3, 0.4) is 0 Å². The number of methoxy groups -OCH3 is 1. The number of ether oxygens (including phenoxy) is 2. The summed E-state index contributed by atoms with van der Waals surface area (Å²) in [7, 11) is 1.55.